The Hall–Kier alpha value is -4.08. The topological polar surface area (TPSA) is 92.7 Å². The highest BCUT2D eigenvalue weighted by atomic mass is 16.5. The predicted octanol–water partition coefficient (Wildman–Crippen LogP) is 5.29. The maximum absolute atomic E-state index is 12.7. The van der Waals surface area contributed by atoms with Crippen molar-refractivity contribution in [3.05, 3.63) is 78.4 Å². The van der Waals surface area contributed by atoms with Crippen molar-refractivity contribution in [1.29, 1.82) is 0 Å². The van der Waals surface area contributed by atoms with E-state index in [0.717, 1.165) is 41.1 Å². The van der Waals surface area contributed by atoms with Crippen LogP contribution in [0.2, 0.25) is 0 Å². The van der Waals surface area contributed by atoms with Crippen LogP contribution in [0.5, 0.6) is 11.5 Å². The first-order valence-electron chi connectivity index (χ1n) is 13.1. The summed E-state index contributed by atoms with van der Waals surface area (Å²) in [7, 11) is 0. The third kappa shape index (κ3) is 6.32. The van der Waals surface area contributed by atoms with Crippen LogP contribution in [0.3, 0.4) is 0 Å². The third-order valence-electron chi connectivity index (χ3n) is 6.40. The van der Waals surface area contributed by atoms with Gasteiger partial charge in [-0.15, -0.1) is 0 Å². The largest absolute Gasteiger partial charge is 0.457 e. The molecule has 39 heavy (non-hydrogen) atoms. The number of pyridine rings is 1. The zero-order valence-corrected chi connectivity index (χ0v) is 22.8. The molecule has 0 atom stereocenters. The second-order valence-corrected chi connectivity index (χ2v) is 10.8. The van der Waals surface area contributed by atoms with Crippen LogP contribution in [0, 0.1) is 12.3 Å². The number of ether oxygens (including phenoxy) is 2. The summed E-state index contributed by atoms with van der Waals surface area (Å²) in [6, 6.07) is 15.2. The van der Waals surface area contributed by atoms with Gasteiger partial charge >= 0.3 is 0 Å². The molecule has 0 aliphatic carbocycles. The van der Waals surface area contributed by atoms with Crippen molar-refractivity contribution in [2.45, 2.75) is 27.7 Å². The average molecular weight is 527 g/mol. The number of anilines is 2. The first-order chi connectivity index (χ1) is 18.8. The molecule has 202 valence electrons. The number of rotatable bonds is 7. The summed E-state index contributed by atoms with van der Waals surface area (Å²) in [6.07, 6.45) is 5.08. The number of aryl methyl sites for hydroxylation is 1. The van der Waals surface area contributed by atoms with Crippen LogP contribution < -0.4 is 15.1 Å². The minimum atomic E-state index is -0.115. The van der Waals surface area contributed by atoms with Crippen LogP contribution in [0.25, 0.3) is 10.9 Å². The van der Waals surface area contributed by atoms with Gasteiger partial charge in [0.05, 0.1) is 30.6 Å². The number of nitrogens with one attached hydrogen (secondary N) is 1. The highest BCUT2D eigenvalue weighted by Gasteiger charge is 2.24. The molecule has 1 N–H and O–H groups in total. The smallest absolute Gasteiger partial charge is 0.251 e. The fraction of sp³-hybridized carbons (Fsp3) is 0.333. The number of benzene rings is 2. The Bertz CT molecular complexity index is 1460. The van der Waals surface area contributed by atoms with E-state index in [1.165, 1.54) is 0 Å². The molecule has 0 saturated carbocycles. The molecule has 1 aliphatic rings. The number of carbonyl (C=O) groups excluding carboxylic acids is 1. The van der Waals surface area contributed by atoms with Gasteiger partial charge < -0.3 is 14.8 Å². The quantitative estimate of drug-likeness (QED) is 0.347. The zero-order valence-electron chi connectivity index (χ0n) is 22.8. The molecule has 1 saturated heterocycles. The normalized spacial score (nSPS) is 14.3. The number of morpholine rings is 1. The van der Waals surface area contributed by atoms with Gasteiger partial charge in [-0.25, -0.2) is 15.0 Å². The molecule has 1 fully saturated rings. The van der Waals surface area contributed by atoms with Gasteiger partial charge in [0.25, 0.3) is 5.91 Å². The van der Waals surface area contributed by atoms with Crippen molar-refractivity contribution in [3.63, 3.8) is 0 Å². The van der Waals surface area contributed by atoms with E-state index in [2.05, 4.69) is 57.1 Å². The monoisotopic (exact) mass is 526 g/mol. The summed E-state index contributed by atoms with van der Waals surface area (Å²) >= 11 is 0. The van der Waals surface area contributed by atoms with Crippen LogP contribution in [-0.2, 0) is 4.74 Å². The Kier molecular flexibility index (Phi) is 7.72. The van der Waals surface area contributed by atoms with Crippen LogP contribution in [0.1, 0.15) is 36.7 Å². The van der Waals surface area contributed by atoms with Gasteiger partial charge in [-0.3, -0.25) is 14.8 Å². The van der Waals surface area contributed by atoms with E-state index >= 15 is 0 Å². The van der Waals surface area contributed by atoms with Crippen LogP contribution >= 0.6 is 0 Å². The van der Waals surface area contributed by atoms with Crippen LogP contribution in [0.4, 0.5) is 11.5 Å². The number of hydrogen-bond donors (Lipinski definition) is 1. The minimum Gasteiger partial charge on any atom is -0.457 e. The van der Waals surface area contributed by atoms with E-state index in [4.69, 9.17) is 9.47 Å². The molecule has 2 aromatic carbocycles. The summed E-state index contributed by atoms with van der Waals surface area (Å²) in [6.45, 7) is 11.6. The number of fused-ring (bicyclic) bond motifs is 1. The Morgan fingerprint density at radius 2 is 1.92 bits per heavy atom. The number of aromatic nitrogens is 3. The summed E-state index contributed by atoms with van der Waals surface area (Å²) in [5.41, 5.74) is 3.26. The van der Waals surface area contributed by atoms with Crippen molar-refractivity contribution in [2.75, 3.05) is 37.9 Å². The van der Waals surface area contributed by atoms with E-state index in [1.54, 1.807) is 30.9 Å². The zero-order chi connectivity index (χ0) is 27.4. The third-order valence-corrected chi connectivity index (χ3v) is 6.40. The van der Waals surface area contributed by atoms with Crippen molar-refractivity contribution in [3.8, 4) is 11.5 Å². The van der Waals surface area contributed by atoms with E-state index < -0.39 is 0 Å². The first kappa shape index (κ1) is 26.5. The Balaban J connectivity index is 1.42. The molecule has 0 bridgehead atoms. The lowest BCUT2D eigenvalue weighted by Gasteiger charge is -2.38. The van der Waals surface area contributed by atoms with Gasteiger partial charge in [0, 0.05) is 36.8 Å². The van der Waals surface area contributed by atoms with Crippen molar-refractivity contribution < 1.29 is 14.3 Å². The molecule has 2 aromatic heterocycles. The first-order valence-corrected chi connectivity index (χ1v) is 13.1. The maximum atomic E-state index is 12.7. The highest BCUT2D eigenvalue weighted by Crippen LogP contribution is 2.35. The summed E-state index contributed by atoms with van der Waals surface area (Å²) < 4.78 is 11.9. The number of carbonyl (C=O) groups is 1. The molecular formula is C30H34N6O3. The summed E-state index contributed by atoms with van der Waals surface area (Å²) in [4.78, 5) is 25.9. The van der Waals surface area contributed by atoms with Gasteiger partial charge in [-0.2, -0.15) is 0 Å². The van der Waals surface area contributed by atoms with Gasteiger partial charge in [0.1, 0.15) is 17.8 Å². The van der Waals surface area contributed by atoms with Gasteiger partial charge in [-0.1, -0.05) is 26.8 Å². The second-order valence-electron chi connectivity index (χ2n) is 10.8. The molecule has 5 rings (SSSR count). The van der Waals surface area contributed by atoms with Crippen molar-refractivity contribution in [1.82, 2.24) is 25.3 Å². The Morgan fingerprint density at radius 3 is 2.69 bits per heavy atom. The molecule has 1 amide bonds. The number of hydrazine groups is 1. The van der Waals surface area contributed by atoms with Crippen molar-refractivity contribution in [2.24, 2.45) is 5.41 Å². The number of nitrogens with zero attached hydrogens (tertiary/aromatic N) is 5. The standard InChI is InChI=1S/C30H34N6O3/c1-21-16-23(8-9-27(21)39-24-7-5-6-22(17-24)29(37)32-19-30(2,3)4)36(35-12-14-38-15-13-35)28-25-10-11-31-18-26(25)33-20-34-28/h5-11,16-18,20H,12-15,19H2,1-4H3,(H,32,37). The van der Waals surface area contributed by atoms with Gasteiger partial charge in [-0.05, 0) is 60.4 Å². The predicted molar refractivity (Wildman–Crippen MR) is 151 cm³/mol. The van der Waals surface area contributed by atoms with Gasteiger partial charge in [0.15, 0.2) is 5.82 Å². The second kappa shape index (κ2) is 11.3. The molecule has 1 aliphatic heterocycles. The lowest BCUT2D eigenvalue weighted by Crippen LogP contribution is -2.47. The molecule has 9 heteroatoms. The molecular weight excluding hydrogens is 492 g/mol. The highest BCUT2D eigenvalue weighted by molar-refractivity contribution is 5.94. The summed E-state index contributed by atoms with van der Waals surface area (Å²) in [5.74, 6) is 1.99. The fourth-order valence-electron chi connectivity index (χ4n) is 4.39. The molecule has 0 spiro atoms. The molecule has 4 aromatic rings. The van der Waals surface area contributed by atoms with Gasteiger partial charge in [0.2, 0.25) is 0 Å². The minimum absolute atomic E-state index is 0.00664. The van der Waals surface area contributed by atoms with Crippen LogP contribution in [-0.4, -0.2) is 58.7 Å². The molecule has 0 radical (unpaired) electrons. The Morgan fingerprint density at radius 1 is 1.10 bits per heavy atom. The lowest BCUT2D eigenvalue weighted by molar-refractivity contribution is 0.0376. The lowest BCUT2D eigenvalue weighted by atomic mass is 9.97. The molecule has 3 heterocycles. The Labute approximate surface area is 228 Å². The van der Waals surface area contributed by atoms with Crippen LogP contribution in [0.15, 0.2) is 67.3 Å². The van der Waals surface area contributed by atoms with E-state index in [9.17, 15) is 4.79 Å². The number of hydrogen-bond acceptors (Lipinski definition) is 8. The SMILES string of the molecule is Cc1cc(N(c2ncnc3cnccc23)N2CCOCC2)ccc1Oc1cccc(C(=O)NCC(C)(C)C)c1. The molecule has 9 nitrogen and oxygen atoms in total. The van der Waals surface area contributed by atoms with E-state index in [0.29, 0.717) is 36.8 Å². The average Bonchev–Trinajstić information content (AvgIpc) is 2.94. The molecule has 0 unspecified atom stereocenters. The summed E-state index contributed by atoms with van der Waals surface area (Å²) in [5, 5.41) is 8.27. The fourth-order valence-corrected chi connectivity index (χ4v) is 4.39. The maximum Gasteiger partial charge on any atom is 0.251 e. The van der Waals surface area contributed by atoms with E-state index in [-0.39, 0.29) is 11.3 Å². The number of amides is 1. The van der Waals surface area contributed by atoms with Crippen molar-refractivity contribution >= 4 is 28.3 Å². The van der Waals surface area contributed by atoms with E-state index in [1.807, 2.05) is 37.3 Å².